The van der Waals surface area contributed by atoms with Crippen molar-refractivity contribution in [2.75, 3.05) is 13.7 Å². The van der Waals surface area contributed by atoms with E-state index in [4.69, 9.17) is 18.9 Å². The summed E-state index contributed by atoms with van der Waals surface area (Å²) in [5.74, 6) is -9.31. The van der Waals surface area contributed by atoms with E-state index in [0.717, 1.165) is 7.11 Å². The van der Waals surface area contributed by atoms with E-state index in [2.05, 4.69) is 0 Å². The Bertz CT molecular complexity index is 1210. The van der Waals surface area contributed by atoms with Gasteiger partial charge in [0.05, 0.1) is 11.1 Å². The Morgan fingerprint density at radius 2 is 1.31 bits per heavy atom. The molecule has 0 spiro atoms. The molecule has 8 N–H and O–H groups in total. The van der Waals surface area contributed by atoms with Crippen LogP contribution in [0.3, 0.4) is 0 Å². The highest BCUT2D eigenvalue weighted by molar-refractivity contribution is 6.08. The molecule has 4 rings (SSSR count). The molecule has 188 valence electrons. The van der Waals surface area contributed by atoms with Crippen LogP contribution in [0.5, 0.6) is 34.5 Å². The fourth-order valence-corrected chi connectivity index (χ4v) is 3.92. The van der Waals surface area contributed by atoms with Gasteiger partial charge in [-0.2, -0.15) is 0 Å². The van der Waals surface area contributed by atoms with Crippen LogP contribution in [0.15, 0.2) is 12.1 Å². The zero-order valence-electron chi connectivity index (χ0n) is 17.8. The number of benzene rings is 2. The van der Waals surface area contributed by atoms with E-state index in [9.17, 15) is 50.4 Å². The third-order valence-electron chi connectivity index (χ3n) is 5.69. The molecule has 14 heteroatoms. The van der Waals surface area contributed by atoms with E-state index < -0.39 is 106 Å². The van der Waals surface area contributed by atoms with Gasteiger partial charge in [-0.3, -0.25) is 0 Å². The molecule has 5 atom stereocenters. The zero-order valence-corrected chi connectivity index (χ0v) is 17.8. The number of aromatic hydroxyl groups is 6. The number of methoxy groups -OCH3 is 1. The van der Waals surface area contributed by atoms with Crippen molar-refractivity contribution in [1.29, 1.82) is 0 Å². The summed E-state index contributed by atoms with van der Waals surface area (Å²) in [6, 6.07) is 1.29. The monoisotopic (exact) mass is 496 g/mol. The molecule has 1 fully saturated rings. The van der Waals surface area contributed by atoms with Crippen molar-refractivity contribution in [1.82, 2.24) is 0 Å². The number of hydrogen-bond acceptors (Lipinski definition) is 14. The van der Waals surface area contributed by atoms with Crippen molar-refractivity contribution < 1.29 is 69.4 Å². The number of cyclic esters (lactones) is 1. The van der Waals surface area contributed by atoms with E-state index in [1.54, 1.807) is 0 Å². The molecule has 0 radical (unpaired) electrons. The van der Waals surface area contributed by atoms with Gasteiger partial charge in [0, 0.05) is 18.2 Å². The van der Waals surface area contributed by atoms with E-state index in [1.807, 2.05) is 0 Å². The third kappa shape index (κ3) is 3.77. The molecule has 0 aromatic heterocycles. The van der Waals surface area contributed by atoms with Crippen LogP contribution in [0, 0.1) is 0 Å². The van der Waals surface area contributed by atoms with Crippen LogP contribution in [-0.2, 0) is 18.9 Å². The molecule has 35 heavy (non-hydrogen) atoms. The summed E-state index contributed by atoms with van der Waals surface area (Å²) >= 11 is 0. The number of phenolic OH excluding ortho intramolecular Hbond substituents is 6. The fraction of sp³-hybridized carbons (Fsp3) is 0.333. The third-order valence-corrected chi connectivity index (χ3v) is 5.69. The molecule has 2 aliphatic heterocycles. The van der Waals surface area contributed by atoms with Crippen molar-refractivity contribution in [2.24, 2.45) is 0 Å². The van der Waals surface area contributed by atoms with Gasteiger partial charge in [-0.05, 0) is 12.1 Å². The van der Waals surface area contributed by atoms with Crippen LogP contribution in [-0.4, -0.2) is 97.2 Å². The number of fused-ring (bicyclic) bond motifs is 4. The molecule has 0 amide bonds. The highest BCUT2D eigenvalue weighted by atomic mass is 16.7. The molecule has 2 aromatic rings. The fourth-order valence-electron chi connectivity index (χ4n) is 3.92. The van der Waals surface area contributed by atoms with Crippen LogP contribution in [0.2, 0.25) is 0 Å². The van der Waals surface area contributed by atoms with Crippen LogP contribution < -0.4 is 0 Å². The van der Waals surface area contributed by atoms with Crippen molar-refractivity contribution in [3.63, 3.8) is 0 Å². The summed E-state index contributed by atoms with van der Waals surface area (Å²) < 4.78 is 20.8. The second-order valence-electron chi connectivity index (χ2n) is 7.76. The summed E-state index contributed by atoms with van der Waals surface area (Å²) in [4.78, 5) is 26.1. The van der Waals surface area contributed by atoms with Gasteiger partial charge in [-0.25, -0.2) is 9.59 Å². The number of ether oxygens (including phenoxy) is 4. The Hall–Kier alpha value is -3.98. The maximum atomic E-state index is 13.1. The van der Waals surface area contributed by atoms with Crippen LogP contribution >= 0.6 is 0 Å². The molecule has 5 unspecified atom stereocenters. The highest BCUT2D eigenvalue weighted by Gasteiger charge is 2.48. The summed E-state index contributed by atoms with van der Waals surface area (Å²) in [5.41, 5.74) is -2.97. The van der Waals surface area contributed by atoms with E-state index in [0.29, 0.717) is 12.1 Å². The Morgan fingerprint density at radius 1 is 0.800 bits per heavy atom. The lowest BCUT2D eigenvalue weighted by Crippen LogP contribution is -2.60. The molecule has 2 heterocycles. The van der Waals surface area contributed by atoms with Gasteiger partial charge in [0.15, 0.2) is 35.4 Å². The minimum Gasteiger partial charge on any atom is -0.504 e. The first-order chi connectivity index (χ1) is 16.5. The predicted octanol–water partition coefficient (Wildman–Crippen LogP) is -0.624. The van der Waals surface area contributed by atoms with Crippen molar-refractivity contribution in [2.45, 2.75) is 30.7 Å². The highest BCUT2D eigenvalue weighted by Crippen LogP contribution is 2.52. The largest absolute Gasteiger partial charge is 0.504 e. The Morgan fingerprint density at radius 3 is 1.83 bits per heavy atom. The Labute approximate surface area is 195 Å². The topological polar surface area (TPSA) is 233 Å². The minimum absolute atomic E-state index is 0.628. The number of carbonyl (C=O) groups is 2. The number of hydrogen-bond donors (Lipinski definition) is 8. The molecule has 0 saturated carbocycles. The van der Waals surface area contributed by atoms with Gasteiger partial charge in [0.1, 0.15) is 24.9 Å². The first-order valence-electron chi connectivity index (χ1n) is 9.96. The van der Waals surface area contributed by atoms with Gasteiger partial charge in [-0.1, -0.05) is 0 Å². The SMILES string of the molecule is COC1OC2COC(=O)c3cc(O)c(O)c(O)c3-c3c(cc(O)c(O)c3O)C(=O)OC2C(O)C1O. The molecule has 0 aliphatic carbocycles. The lowest BCUT2D eigenvalue weighted by molar-refractivity contribution is -0.293. The first-order valence-corrected chi connectivity index (χ1v) is 9.96. The lowest BCUT2D eigenvalue weighted by Gasteiger charge is -2.41. The first kappa shape index (κ1) is 24.2. The van der Waals surface area contributed by atoms with Crippen molar-refractivity contribution >= 4 is 11.9 Å². The number of phenols is 6. The average molecular weight is 496 g/mol. The predicted molar refractivity (Wildman–Crippen MR) is 109 cm³/mol. The molecule has 2 aromatic carbocycles. The minimum atomic E-state index is -1.81. The van der Waals surface area contributed by atoms with Gasteiger partial charge < -0.3 is 59.8 Å². The van der Waals surface area contributed by atoms with Crippen LogP contribution in [0.4, 0.5) is 0 Å². The average Bonchev–Trinajstić information content (AvgIpc) is 2.84. The molecule has 0 bridgehead atoms. The number of rotatable bonds is 1. The molecule has 14 nitrogen and oxygen atoms in total. The summed E-state index contributed by atoms with van der Waals surface area (Å²) in [6.07, 6.45) is -7.97. The smallest absolute Gasteiger partial charge is 0.339 e. The maximum Gasteiger partial charge on any atom is 0.339 e. The lowest BCUT2D eigenvalue weighted by atomic mass is 9.92. The Kier molecular flexibility index (Phi) is 5.98. The summed E-state index contributed by atoms with van der Waals surface area (Å²) in [7, 11) is 1.16. The summed E-state index contributed by atoms with van der Waals surface area (Å²) in [5, 5.41) is 81.8. The Balaban J connectivity index is 1.99. The standard InChI is InChI=1S/C21H20O14/c1-32-21-17(29)16(28)18-9(34-21)4-33-19(30)5-2-7(22)12(24)14(26)10(5)11-6(20(31)35-18)3-8(23)13(25)15(11)27/h2-3,9,16-18,21-29H,4H2,1H3. The van der Waals surface area contributed by atoms with Crippen LogP contribution in [0.25, 0.3) is 11.1 Å². The second-order valence-corrected chi connectivity index (χ2v) is 7.76. The maximum absolute atomic E-state index is 13.1. The van der Waals surface area contributed by atoms with Crippen LogP contribution in [0.1, 0.15) is 20.7 Å². The number of aliphatic hydroxyl groups is 2. The van der Waals surface area contributed by atoms with Gasteiger partial charge in [0.2, 0.25) is 11.5 Å². The van der Waals surface area contributed by atoms with Gasteiger partial charge >= 0.3 is 11.9 Å². The van der Waals surface area contributed by atoms with E-state index in [1.165, 1.54) is 0 Å². The zero-order chi connectivity index (χ0) is 25.8. The second kappa shape index (κ2) is 8.66. The van der Waals surface area contributed by atoms with E-state index >= 15 is 0 Å². The number of carbonyl (C=O) groups excluding carboxylic acids is 2. The van der Waals surface area contributed by atoms with Crippen molar-refractivity contribution in [3.8, 4) is 45.6 Å². The molecular formula is C21H20O14. The molecule has 1 saturated heterocycles. The number of esters is 2. The quantitative estimate of drug-likeness (QED) is 0.182. The van der Waals surface area contributed by atoms with Gasteiger partial charge in [0.25, 0.3) is 0 Å². The summed E-state index contributed by atoms with van der Waals surface area (Å²) in [6.45, 7) is -0.693. The molecular weight excluding hydrogens is 476 g/mol. The van der Waals surface area contributed by atoms with Crippen molar-refractivity contribution in [3.05, 3.63) is 23.3 Å². The molecule has 2 aliphatic rings. The normalized spacial score (nSPS) is 26.4. The van der Waals surface area contributed by atoms with Gasteiger partial charge in [-0.15, -0.1) is 0 Å². The van der Waals surface area contributed by atoms with E-state index in [-0.39, 0.29) is 0 Å². The number of aliphatic hydroxyl groups excluding tert-OH is 2.